The first-order valence-electron chi connectivity index (χ1n) is 7.44. The molecule has 1 aromatic rings. The van der Waals surface area contributed by atoms with Gasteiger partial charge >= 0.3 is 5.97 Å². The number of carbonyl (C=O) groups excluding carboxylic acids is 2. The number of piperidine rings is 1. The monoisotopic (exact) mass is 290 g/mol. The summed E-state index contributed by atoms with van der Waals surface area (Å²) in [5.41, 5.74) is 6.55. The van der Waals surface area contributed by atoms with Crippen molar-refractivity contribution in [3.8, 4) is 0 Å². The third kappa shape index (κ3) is 3.97. The maximum Gasteiger partial charge on any atom is 0.338 e. The zero-order chi connectivity index (χ0) is 15.2. The van der Waals surface area contributed by atoms with Gasteiger partial charge in [0.1, 0.15) is 0 Å². The molecule has 114 valence electrons. The quantitative estimate of drug-likeness (QED) is 0.681. The zero-order valence-corrected chi connectivity index (χ0v) is 12.4. The molecule has 1 saturated heterocycles. The van der Waals surface area contributed by atoms with Crippen molar-refractivity contribution in [2.45, 2.75) is 38.6 Å². The van der Waals surface area contributed by atoms with E-state index in [1.165, 1.54) is 0 Å². The van der Waals surface area contributed by atoms with Crippen LogP contribution in [0.2, 0.25) is 0 Å². The third-order valence-corrected chi connectivity index (χ3v) is 3.89. The molecule has 21 heavy (non-hydrogen) atoms. The average Bonchev–Trinajstić information content (AvgIpc) is 2.52. The SMILES string of the molecule is CC[C@H]1CCCCN1C(=O)COC(=O)c1ccc(N)cc1. The molecule has 1 amide bonds. The number of nitrogens with two attached hydrogens (primary N) is 1. The minimum Gasteiger partial charge on any atom is -0.452 e. The predicted molar refractivity (Wildman–Crippen MR) is 80.8 cm³/mol. The van der Waals surface area contributed by atoms with Crippen LogP contribution in [0.1, 0.15) is 43.0 Å². The van der Waals surface area contributed by atoms with E-state index in [9.17, 15) is 9.59 Å². The first-order valence-corrected chi connectivity index (χ1v) is 7.44. The number of carbonyl (C=O) groups is 2. The van der Waals surface area contributed by atoms with Crippen molar-refractivity contribution in [1.82, 2.24) is 4.90 Å². The Morgan fingerprint density at radius 1 is 1.29 bits per heavy atom. The van der Waals surface area contributed by atoms with Gasteiger partial charge in [-0.3, -0.25) is 4.79 Å². The molecule has 1 heterocycles. The highest BCUT2D eigenvalue weighted by Crippen LogP contribution is 2.19. The van der Waals surface area contributed by atoms with Gasteiger partial charge in [-0.1, -0.05) is 6.92 Å². The van der Waals surface area contributed by atoms with E-state index in [2.05, 4.69) is 6.92 Å². The molecule has 2 rings (SSSR count). The van der Waals surface area contributed by atoms with Crippen molar-refractivity contribution in [3.63, 3.8) is 0 Å². The van der Waals surface area contributed by atoms with Gasteiger partial charge in [0.05, 0.1) is 5.56 Å². The Kier molecular flexibility index (Phi) is 5.20. The molecule has 5 nitrogen and oxygen atoms in total. The second-order valence-corrected chi connectivity index (χ2v) is 5.34. The Balaban J connectivity index is 1.88. The van der Waals surface area contributed by atoms with E-state index in [1.54, 1.807) is 24.3 Å². The lowest BCUT2D eigenvalue weighted by Crippen LogP contribution is -2.45. The molecule has 1 aromatic carbocycles. The Hall–Kier alpha value is -2.04. The smallest absolute Gasteiger partial charge is 0.338 e. The molecule has 0 unspecified atom stereocenters. The number of amides is 1. The molecule has 5 heteroatoms. The van der Waals surface area contributed by atoms with E-state index < -0.39 is 5.97 Å². The molecule has 1 aliphatic rings. The van der Waals surface area contributed by atoms with Gasteiger partial charge in [0.25, 0.3) is 5.91 Å². The number of anilines is 1. The Morgan fingerprint density at radius 2 is 2.00 bits per heavy atom. The number of nitrogen functional groups attached to an aromatic ring is 1. The summed E-state index contributed by atoms with van der Waals surface area (Å²) in [7, 11) is 0. The molecule has 1 fully saturated rings. The van der Waals surface area contributed by atoms with E-state index in [0.717, 1.165) is 32.2 Å². The van der Waals surface area contributed by atoms with Crippen LogP contribution in [0.25, 0.3) is 0 Å². The zero-order valence-electron chi connectivity index (χ0n) is 12.4. The summed E-state index contributed by atoms with van der Waals surface area (Å²) in [5.74, 6) is -0.598. The van der Waals surface area contributed by atoms with Crippen molar-refractivity contribution in [1.29, 1.82) is 0 Å². The normalized spacial score (nSPS) is 18.3. The summed E-state index contributed by atoms with van der Waals surface area (Å²) in [4.78, 5) is 25.9. The lowest BCUT2D eigenvalue weighted by Gasteiger charge is -2.35. The van der Waals surface area contributed by atoms with Crippen LogP contribution in [0, 0.1) is 0 Å². The largest absolute Gasteiger partial charge is 0.452 e. The number of likely N-dealkylation sites (tertiary alicyclic amines) is 1. The van der Waals surface area contributed by atoms with Crippen molar-refractivity contribution in [2.75, 3.05) is 18.9 Å². The fourth-order valence-electron chi connectivity index (χ4n) is 2.67. The van der Waals surface area contributed by atoms with Gasteiger partial charge in [-0.05, 0) is 49.9 Å². The second-order valence-electron chi connectivity index (χ2n) is 5.34. The van der Waals surface area contributed by atoms with Crippen molar-refractivity contribution in [3.05, 3.63) is 29.8 Å². The van der Waals surface area contributed by atoms with Crippen LogP contribution in [0.15, 0.2) is 24.3 Å². The third-order valence-electron chi connectivity index (χ3n) is 3.89. The van der Waals surface area contributed by atoms with Crippen LogP contribution in [0.4, 0.5) is 5.69 Å². The summed E-state index contributed by atoms with van der Waals surface area (Å²) >= 11 is 0. The minimum atomic E-state index is -0.492. The number of hydrogen-bond acceptors (Lipinski definition) is 4. The first-order chi connectivity index (χ1) is 10.1. The highest BCUT2D eigenvalue weighted by molar-refractivity contribution is 5.91. The predicted octanol–water partition coefficient (Wildman–Crippen LogP) is 2.22. The summed E-state index contributed by atoms with van der Waals surface area (Å²) < 4.78 is 5.10. The van der Waals surface area contributed by atoms with E-state index >= 15 is 0 Å². The number of rotatable bonds is 4. The maximum absolute atomic E-state index is 12.2. The van der Waals surface area contributed by atoms with Crippen LogP contribution in [-0.4, -0.2) is 36.0 Å². The number of ether oxygens (including phenoxy) is 1. The van der Waals surface area contributed by atoms with Gasteiger partial charge in [0.2, 0.25) is 0 Å². The molecule has 1 aliphatic heterocycles. The first kappa shape index (κ1) is 15.4. The number of esters is 1. The Morgan fingerprint density at radius 3 is 2.67 bits per heavy atom. The van der Waals surface area contributed by atoms with Gasteiger partial charge in [-0.2, -0.15) is 0 Å². The molecular weight excluding hydrogens is 268 g/mol. The van der Waals surface area contributed by atoms with Gasteiger partial charge in [-0.25, -0.2) is 4.79 Å². The lowest BCUT2D eigenvalue weighted by molar-refractivity contribution is -0.138. The molecule has 2 N–H and O–H groups in total. The topological polar surface area (TPSA) is 72.6 Å². The molecular formula is C16H22N2O3. The van der Waals surface area contributed by atoms with E-state index in [0.29, 0.717) is 11.3 Å². The molecule has 0 saturated carbocycles. The van der Waals surface area contributed by atoms with Crippen LogP contribution in [0.3, 0.4) is 0 Å². The number of benzene rings is 1. The van der Waals surface area contributed by atoms with Crippen molar-refractivity contribution >= 4 is 17.6 Å². The standard InChI is InChI=1S/C16H22N2O3/c1-2-14-5-3-4-10-18(14)15(19)11-21-16(20)12-6-8-13(17)9-7-12/h6-9,14H,2-5,10-11,17H2,1H3/t14-/m0/s1. The van der Waals surface area contributed by atoms with Gasteiger partial charge in [0, 0.05) is 18.3 Å². The highest BCUT2D eigenvalue weighted by atomic mass is 16.5. The van der Waals surface area contributed by atoms with Crippen molar-refractivity contribution in [2.24, 2.45) is 0 Å². The van der Waals surface area contributed by atoms with Crippen LogP contribution in [-0.2, 0) is 9.53 Å². The molecule has 0 radical (unpaired) electrons. The molecule has 0 aromatic heterocycles. The van der Waals surface area contributed by atoms with E-state index in [1.807, 2.05) is 4.90 Å². The fraction of sp³-hybridized carbons (Fsp3) is 0.500. The van der Waals surface area contributed by atoms with Crippen LogP contribution >= 0.6 is 0 Å². The van der Waals surface area contributed by atoms with Gasteiger partial charge in [-0.15, -0.1) is 0 Å². The Bertz CT molecular complexity index is 499. The number of nitrogens with zero attached hydrogens (tertiary/aromatic N) is 1. The van der Waals surface area contributed by atoms with Crippen molar-refractivity contribution < 1.29 is 14.3 Å². The Labute approximate surface area is 125 Å². The molecule has 0 bridgehead atoms. The van der Waals surface area contributed by atoms with E-state index in [4.69, 9.17) is 10.5 Å². The van der Waals surface area contributed by atoms with Gasteiger partial charge in [0.15, 0.2) is 6.61 Å². The van der Waals surface area contributed by atoms with E-state index in [-0.39, 0.29) is 18.6 Å². The average molecular weight is 290 g/mol. The maximum atomic E-state index is 12.2. The summed E-state index contributed by atoms with van der Waals surface area (Å²) in [6.07, 6.45) is 4.16. The van der Waals surface area contributed by atoms with Crippen LogP contribution in [0.5, 0.6) is 0 Å². The minimum absolute atomic E-state index is 0.106. The highest BCUT2D eigenvalue weighted by Gasteiger charge is 2.25. The second kappa shape index (κ2) is 7.11. The lowest BCUT2D eigenvalue weighted by atomic mass is 10.00. The van der Waals surface area contributed by atoms with Gasteiger partial charge < -0.3 is 15.4 Å². The summed E-state index contributed by atoms with van der Waals surface area (Å²) in [6, 6.07) is 6.74. The fourth-order valence-corrected chi connectivity index (χ4v) is 2.67. The molecule has 0 aliphatic carbocycles. The number of hydrogen-bond donors (Lipinski definition) is 1. The molecule has 1 atom stereocenters. The summed E-state index contributed by atoms with van der Waals surface area (Å²) in [5, 5.41) is 0. The van der Waals surface area contributed by atoms with Crippen LogP contribution < -0.4 is 5.73 Å². The summed E-state index contributed by atoms with van der Waals surface area (Å²) in [6.45, 7) is 2.65. The molecule has 0 spiro atoms.